The Balaban J connectivity index is 1.95. The largest absolute Gasteiger partial charge is 0.381 e. The van der Waals surface area contributed by atoms with E-state index >= 15 is 0 Å². The number of pyridine rings is 1. The van der Waals surface area contributed by atoms with Crippen LogP contribution in [-0.4, -0.2) is 47.5 Å². The average Bonchev–Trinajstić information content (AvgIpc) is 2.55. The number of piperidine rings is 1. The lowest BCUT2D eigenvalue weighted by molar-refractivity contribution is -0.134. The molecule has 1 unspecified atom stereocenters. The van der Waals surface area contributed by atoms with Crippen molar-refractivity contribution in [3.05, 3.63) is 29.8 Å². The zero-order chi connectivity index (χ0) is 16.4. The summed E-state index contributed by atoms with van der Waals surface area (Å²) in [5.74, 6) is -1.80. The highest BCUT2D eigenvalue weighted by molar-refractivity contribution is 5.96. The van der Waals surface area contributed by atoms with Crippen molar-refractivity contribution in [3.63, 3.8) is 0 Å². The Bertz CT molecular complexity index is 611. The van der Waals surface area contributed by atoms with E-state index in [2.05, 4.69) is 4.98 Å². The van der Waals surface area contributed by atoms with Gasteiger partial charge in [-0.3, -0.25) is 9.59 Å². The molecule has 1 aromatic heterocycles. The quantitative estimate of drug-likeness (QED) is 0.884. The third kappa shape index (κ3) is 2.81. The Labute approximate surface area is 133 Å². The molecule has 2 saturated heterocycles. The van der Waals surface area contributed by atoms with E-state index in [-0.39, 0.29) is 11.1 Å². The minimum atomic E-state index is -0.742. The lowest BCUT2D eigenvalue weighted by Gasteiger charge is -2.50. The normalized spacial score (nSPS) is 23.7. The highest BCUT2D eigenvalue weighted by atomic mass is 19.1. The van der Waals surface area contributed by atoms with Gasteiger partial charge in [0.1, 0.15) is 6.04 Å². The van der Waals surface area contributed by atoms with Gasteiger partial charge in [0.05, 0.1) is 0 Å². The molecule has 0 aliphatic carbocycles. The van der Waals surface area contributed by atoms with E-state index in [1.165, 1.54) is 23.2 Å². The first-order valence-corrected chi connectivity index (χ1v) is 7.84. The first-order chi connectivity index (χ1) is 11.1. The van der Waals surface area contributed by atoms with Crippen LogP contribution < -0.4 is 5.73 Å². The Morgan fingerprint density at radius 3 is 2.74 bits per heavy atom. The summed E-state index contributed by atoms with van der Waals surface area (Å²) in [6.45, 7) is 1.47. The minimum absolute atomic E-state index is 0.261. The van der Waals surface area contributed by atoms with Gasteiger partial charge in [-0.2, -0.15) is 0 Å². The zero-order valence-corrected chi connectivity index (χ0v) is 12.8. The van der Waals surface area contributed by atoms with Gasteiger partial charge in [0.25, 0.3) is 5.91 Å². The predicted molar refractivity (Wildman–Crippen MR) is 79.9 cm³/mol. The number of primary amides is 1. The van der Waals surface area contributed by atoms with Crippen LogP contribution in [0.4, 0.5) is 4.39 Å². The number of rotatable bonds is 2. The number of hydrogen-bond acceptors (Lipinski definition) is 4. The molecule has 0 aromatic carbocycles. The van der Waals surface area contributed by atoms with Crippen LogP contribution in [0, 0.1) is 11.2 Å². The van der Waals surface area contributed by atoms with Gasteiger partial charge in [0, 0.05) is 31.4 Å². The highest BCUT2D eigenvalue weighted by Gasteiger charge is 2.50. The summed E-state index contributed by atoms with van der Waals surface area (Å²) in [4.78, 5) is 30.1. The maximum Gasteiger partial charge on any atom is 0.276 e. The first kappa shape index (κ1) is 15.9. The second kappa shape index (κ2) is 6.23. The summed E-state index contributed by atoms with van der Waals surface area (Å²) < 4.78 is 19.3. The molecular formula is C16H20FN3O3. The standard InChI is InChI=1S/C16H20FN3O3/c17-11-3-1-7-19-12(11)15(22)20-8-2-4-16(13(20)14(18)21)5-9-23-10-6-16/h1,3,7,13H,2,4-6,8-10H2,(H2,18,21). The second-order valence-electron chi connectivity index (χ2n) is 6.22. The van der Waals surface area contributed by atoms with Crippen LogP contribution >= 0.6 is 0 Å². The van der Waals surface area contributed by atoms with Crippen molar-refractivity contribution in [3.8, 4) is 0 Å². The number of hydrogen-bond donors (Lipinski definition) is 1. The molecular weight excluding hydrogens is 301 g/mol. The molecule has 2 aliphatic rings. The molecule has 0 radical (unpaired) electrons. The van der Waals surface area contributed by atoms with Crippen molar-refractivity contribution < 1.29 is 18.7 Å². The predicted octanol–water partition coefficient (Wildman–Crippen LogP) is 1.11. The number of likely N-dealkylation sites (tertiary alicyclic amines) is 1. The number of nitrogens with zero attached hydrogens (tertiary/aromatic N) is 2. The minimum Gasteiger partial charge on any atom is -0.381 e. The van der Waals surface area contributed by atoms with Crippen molar-refractivity contribution in [2.24, 2.45) is 11.1 Å². The Kier molecular flexibility index (Phi) is 4.30. The summed E-state index contributed by atoms with van der Waals surface area (Å²) >= 11 is 0. The van der Waals surface area contributed by atoms with Gasteiger partial charge in [-0.05, 0) is 37.8 Å². The number of amides is 2. The first-order valence-electron chi connectivity index (χ1n) is 7.84. The molecule has 2 N–H and O–H groups in total. The van der Waals surface area contributed by atoms with E-state index in [1.807, 2.05) is 0 Å². The summed E-state index contributed by atoms with van der Waals surface area (Å²) in [6, 6.07) is 1.87. The van der Waals surface area contributed by atoms with E-state index in [9.17, 15) is 14.0 Å². The Hall–Kier alpha value is -2.02. The Morgan fingerprint density at radius 2 is 2.09 bits per heavy atom. The molecule has 23 heavy (non-hydrogen) atoms. The fraction of sp³-hybridized carbons (Fsp3) is 0.562. The summed E-state index contributed by atoms with van der Waals surface area (Å²) in [7, 11) is 0. The van der Waals surface area contributed by atoms with Crippen LogP contribution in [-0.2, 0) is 9.53 Å². The van der Waals surface area contributed by atoms with Gasteiger partial charge in [-0.25, -0.2) is 9.37 Å². The van der Waals surface area contributed by atoms with Gasteiger partial charge < -0.3 is 15.4 Å². The van der Waals surface area contributed by atoms with E-state index in [0.717, 1.165) is 12.8 Å². The van der Waals surface area contributed by atoms with Gasteiger partial charge >= 0.3 is 0 Å². The molecule has 124 valence electrons. The van der Waals surface area contributed by atoms with Crippen LogP contribution in [0.25, 0.3) is 0 Å². The van der Waals surface area contributed by atoms with Gasteiger partial charge in [-0.15, -0.1) is 0 Å². The fourth-order valence-corrected chi connectivity index (χ4v) is 3.85. The van der Waals surface area contributed by atoms with Crippen LogP contribution in [0.1, 0.15) is 36.2 Å². The summed E-state index contributed by atoms with van der Waals surface area (Å²) in [5.41, 5.74) is 5.00. The van der Waals surface area contributed by atoms with Crippen molar-refractivity contribution in [2.45, 2.75) is 31.7 Å². The number of aromatic nitrogens is 1. The number of ether oxygens (including phenoxy) is 1. The number of halogens is 1. The topological polar surface area (TPSA) is 85.5 Å². The second-order valence-corrected chi connectivity index (χ2v) is 6.22. The van der Waals surface area contributed by atoms with Crippen molar-refractivity contribution in [1.82, 2.24) is 9.88 Å². The fourth-order valence-electron chi connectivity index (χ4n) is 3.85. The summed E-state index contributed by atoms with van der Waals surface area (Å²) in [6.07, 6.45) is 4.29. The molecule has 3 rings (SSSR count). The number of carbonyl (C=O) groups is 2. The molecule has 2 aliphatic heterocycles. The van der Waals surface area contributed by atoms with E-state index < -0.39 is 23.7 Å². The average molecular weight is 321 g/mol. The zero-order valence-electron chi connectivity index (χ0n) is 12.8. The smallest absolute Gasteiger partial charge is 0.276 e. The van der Waals surface area contributed by atoms with Crippen LogP contribution in [0.2, 0.25) is 0 Å². The SMILES string of the molecule is NC(=O)C1N(C(=O)c2ncccc2F)CCCC12CCOCC2. The molecule has 6 nitrogen and oxygen atoms in total. The molecule has 1 atom stereocenters. The summed E-state index contributed by atoms with van der Waals surface area (Å²) in [5, 5.41) is 0. The maximum absolute atomic E-state index is 13.9. The van der Waals surface area contributed by atoms with Crippen molar-refractivity contribution >= 4 is 11.8 Å². The van der Waals surface area contributed by atoms with Crippen molar-refractivity contribution in [1.29, 1.82) is 0 Å². The van der Waals surface area contributed by atoms with E-state index in [0.29, 0.717) is 32.6 Å². The third-order valence-corrected chi connectivity index (χ3v) is 4.95. The van der Waals surface area contributed by atoms with Gasteiger partial charge in [0.15, 0.2) is 11.5 Å². The Morgan fingerprint density at radius 1 is 1.35 bits per heavy atom. The highest BCUT2D eigenvalue weighted by Crippen LogP contribution is 2.44. The van der Waals surface area contributed by atoms with E-state index in [4.69, 9.17) is 10.5 Å². The van der Waals surface area contributed by atoms with Crippen LogP contribution in [0.5, 0.6) is 0 Å². The van der Waals surface area contributed by atoms with Crippen LogP contribution in [0.3, 0.4) is 0 Å². The van der Waals surface area contributed by atoms with Gasteiger partial charge in [0.2, 0.25) is 5.91 Å². The molecule has 1 spiro atoms. The van der Waals surface area contributed by atoms with Crippen molar-refractivity contribution in [2.75, 3.05) is 19.8 Å². The molecule has 1 aromatic rings. The number of carbonyl (C=O) groups excluding carboxylic acids is 2. The van der Waals surface area contributed by atoms with Crippen LogP contribution in [0.15, 0.2) is 18.3 Å². The maximum atomic E-state index is 13.9. The molecule has 2 fully saturated rings. The number of nitrogens with two attached hydrogens (primary N) is 1. The third-order valence-electron chi connectivity index (χ3n) is 4.95. The molecule has 0 saturated carbocycles. The molecule has 3 heterocycles. The lowest BCUT2D eigenvalue weighted by atomic mass is 9.67. The van der Waals surface area contributed by atoms with Gasteiger partial charge in [-0.1, -0.05) is 0 Å². The lowest BCUT2D eigenvalue weighted by Crippen LogP contribution is -2.61. The van der Waals surface area contributed by atoms with E-state index in [1.54, 1.807) is 0 Å². The molecule has 7 heteroatoms. The molecule has 0 bridgehead atoms. The molecule has 2 amide bonds. The monoisotopic (exact) mass is 321 g/mol.